The monoisotopic (exact) mass is 395 g/mol. The summed E-state index contributed by atoms with van der Waals surface area (Å²) in [6.45, 7) is 3.42. The van der Waals surface area contributed by atoms with Gasteiger partial charge in [0.25, 0.3) is 0 Å². The fourth-order valence-electron chi connectivity index (χ4n) is 2.70. The highest BCUT2D eigenvalue weighted by Crippen LogP contribution is 2.20. The first kappa shape index (κ1) is 18.7. The van der Waals surface area contributed by atoms with Gasteiger partial charge < -0.3 is 10.2 Å². The molecule has 10 heteroatoms. The van der Waals surface area contributed by atoms with E-state index in [4.69, 9.17) is 0 Å². The average Bonchev–Trinajstić information content (AvgIpc) is 3.01. The van der Waals surface area contributed by atoms with Gasteiger partial charge in [0.15, 0.2) is 5.13 Å². The molecule has 8 nitrogen and oxygen atoms in total. The third-order valence-electron chi connectivity index (χ3n) is 4.07. The predicted octanol–water partition coefficient (Wildman–Crippen LogP) is 1.24. The minimum Gasteiger partial charge on any atom is -0.340 e. The van der Waals surface area contributed by atoms with Crippen LogP contribution in [-0.4, -0.2) is 65.9 Å². The van der Waals surface area contributed by atoms with E-state index in [1.54, 1.807) is 4.90 Å². The van der Waals surface area contributed by atoms with Gasteiger partial charge in [-0.05, 0) is 19.1 Å². The Balaban J connectivity index is 1.55. The second-order valence-electron chi connectivity index (χ2n) is 6.15. The predicted molar refractivity (Wildman–Crippen MR) is 101 cm³/mol. The van der Waals surface area contributed by atoms with Gasteiger partial charge in [0.2, 0.25) is 15.9 Å². The van der Waals surface area contributed by atoms with Crippen LogP contribution in [0, 0.1) is 6.92 Å². The molecule has 0 aromatic carbocycles. The molecule has 1 fully saturated rings. The molecule has 0 radical (unpaired) electrons. The van der Waals surface area contributed by atoms with E-state index in [2.05, 4.69) is 15.3 Å². The van der Waals surface area contributed by atoms with Gasteiger partial charge in [-0.3, -0.25) is 4.79 Å². The zero-order chi connectivity index (χ0) is 18.7. The number of rotatable bonds is 5. The normalized spacial score (nSPS) is 15.8. The Kier molecular flexibility index (Phi) is 5.54. The quantitative estimate of drug-likeness (QED) is 0.818. The van der Waals surface area contributed by atoms with E-state index in [0.717, 1.165) is 5.69 Å². The van der Waals surface area contributed by atoms with Crippen molar-refractivity contribution in [1.29, 1.82) is 0 Å². The maximum atomic E-state index is 12.4. The van der Waals surface area contributed by atoms with Crippen LogP contribution in [0.25, 0.3) is 0 Å². The molecule has 3 rings (SSSR count). The van der Waals surface area contributed by atoms with Gasteiger partial charge in [-0.25, -0.2) is 18.4 Å². The van der Waals surface area contributed by atoms with Crippen LogP contribution in [0.5, 0.6) is 0 Å². The van der Waals surface area contributed by atoms with E-state index in [9.17, 15) is 13.2 Å². The molecule has 0 unspecified atom stereocenters. The Hall–Kier alpha value is -2.04. The van der Waals surface area contributed by atoms with E-state index in [1.807, 2.05) is 30.5 Å². The Morgan fingerprint density at radius 1 is 1.23 bits per heavy atom. The maximum Gasteiger partial charge on any atom is 0.228 e. The number of piperazine rings is 1. The van der Waals surface area contributed by atoms with E-state index < -0.39 is 10.0 Å². The number of aromatic nitrogens is 2. The van der Waals surface area contributed by atoms with Crippen molar-refractivity contribution in [2.45, 2.75) is 13.3 Å². The number of anilines is 2. The molecule has 1 aliphatic rings. The molecule has 0 aliphatic carbocycles. The topological polar surface area (TPSA) is 95.5 Å². The summed E-state index contributed by atoms with van der Waals surface area (Å²) in [5.74, 6) is 0.679. The van der Waals surface area contributed by atoms with Gasteiger partial charge >= 0.3 is 0 Å². The van der Waals surface area contributed by atoms with E-state index in [0.29, 0.717) is 42.8 Å². The summed E-state index contributed by atoms with van der Waals surface area (Å²) >= 11 is 1.42. The van der Waals surface area contributed by atoms with E-state index in [-0.39, 0.29) is 12.3 Å². The molecule has 1 saturated heterocycles. The number of aryl methyl sites for hydroxylation is 1. The summed E-state index contributed by atoms with van der Waals surface area (Å²) in [4.78, 5) is 22.9. The van der Waals surface area contributed by atoms with Crippen LogP contribution in [0.3, 0.4) is 0 Å². The van der Waals surface area contributed by atoms with Gasteiger partial charge in [-0.1, -0.05) is 6.07 Å². The first-order valence-electron chi connectivity index (χ1n) is 8.19. The number of hydrogen-bond acceptors (Lipinski definition) is 7. The molecule has 140 valence electrons. The van der Waals surface area contributed by atoms with Crippen LogP contribution in [0.2, 0.25) is 0 Å². The highest BCUT2D eigenvalue weighted by atomic mass is 32.2. The second-order valence-corrected chi connectivity index (χ2v) is 8.99. The number of pyridine rings is 1. The Morgan fingerprint density at radius 2 is 1.96 bits per heavy atom. The molecule has 1 N–H and O–H groups in total. The highest BCUT2D eigenvalue weighted by molar-refractivity contribution is 7.88. The summed E-state index contributed by atoms with van der Waals surface area (Å²) in [6, 6.07) is 5.69. The van der Waals surface area contributed by atoms with Gasteiger partial charge in [0.05, 0.1) is 18.4 Å². The van der Waals surface area contributed by atoms with Crippen LogP contribution in [0.15, 0.2) is 23.6 Å². The molecule has 0 atom stereocenters. The Labute approximate surface area is 156 Å². The largest absolute Gasteiger partial charge is 0.340 e. The van der Waals surface area contributed by atoms with Crippen LogP contribution >= 0.6 is 11.3 Å². The molecule has 0 bridgehead atoms. The third kappa shape index (κ3) is 4.77. The number of carbonyl (C=O) groups is 1. The molecular weight excluding hydrogens is 374 g/mol. The number of nitrogens with zero attached hydrogens (tertiary/aromatic N) is 4. The number of hydrogen-bond donors (Lipinski definition) is 1. The molecule has 26 heavy (non-hydrogen) atoms. The van der Waals surface area contributed by atoms with Gasteiger partial charge in [0, 0.05) is 37.3 Å². The lowest BCUT2D eigenvalue weighted by Gasteiger charge is -2.33. The van der Waals surface area contributed by atoms with Crippen molar-refractivity contribution in [1.82, 2.24) is 19.2 Å². The first-order valence-corrected chi connectivity index (χ1v) is 10.9. The number of carbonyl (C=O) groups excluding carboxylic acids is 1. The Morgan fingerprint density at radius 3 is 2.62 bits per heavy atom. The lowest BCUT2D eigenvalue weighted by atomic mass is 10.2. The standard InChI is InChI=1S/C16H21N5O3S2/c1-12-4-3-5-14(17-12)19-16-18-13(11-25-16)10-15(22)20-6-8-21(9-7-20)26(2,23)24/h3-5,11H,6-10H2,1-2H3,(H,17,18,19). The minimum absolute atomic E-state index is 0.0383. The van der Waals surface area contributed by atoms with Gasteiger partial charge in [-0.15, -0.1) is 11.3 Å². The van der Waals surface area contributed by atoms with Crippen molar-refractivity contribution >= 4 is 38.2 Å². The van der Waals surface area contributed by atoms with Crippen molar-refractivity contribution in [3.8, 4) is 0 Å². The number of thiazole rings is 1. The van der Waals surface area contributed by atoms with Crippen LogP contribution < -0.4 is 5.32 Å². The van der Waals surface area contributed by atoms with E-state index >= 15 is 0 Å². The lowest BCUT2D eigenvalue weighted by Crippen LogP contribution is -2.50. The molecular formula is C16H21N5O3S2. The average molecular weight is 396 g/mol. The Bertz CT molecular complexity index is 889. The highest BCUT2D eigenvalue weighted by Gasteiger charge is 2.26. The van der Waals surface area contributed by atoms with Crippen molar-refractivity contribution in [2.75, 3.05) is 37.8 Å². The summed E-state index contributed by atoms with van der Waals surface area (Å²) in [6.07, 6.45) is 1.40. The van der Waals surface area contributed by atoms with Crippen LogP contribution in [-0.2, 0) is 21.2 Å². The van der Waals surface area contributed by atoms with Gasteiger partial charge in [-0.2, -0.15) is 4.31 Å². The summed E-state index contributed by atoms with van der Waals surface area (Å²) in [5, 5.41) is 5.68. The molecule has 1 amide bonds. The maximum absolute atomic E-state index is 12.4. The van der Waals surface area contributed by atoms with Crippen molar-refractivity contribution in [3.05, 3.63) is 35.0 Å². The smallest absolute Gasteiger partial charge is 0.228 e. The first-order chi connectivity index (χ1) is 12.3. The second kappa shape index (κ2) is 7.68. The van der Waals surface area contributed by atoms with Crippen molar-refractivity contribution < 1.29 is 13.2 Å². The molecule has 1 aliphatic heterocycles. The fraction of sp³-hybridized carbons (Fsp3) is 0.438. The lowest BCUT2D eigenvalue weighted by molar-refractivity contribution is -0.131. The van der Waals surface area contributed by atoms with Crippen LogP contribution in [0.1, 0.15) is 11.4 Å². The summed E-state index contributed by atoms with van der Waals surface area (Å²) < 4.78 is 24.5. The van der Waals surface area contributed by atoms with Crippen LogP contribution in [0.4, 0.5) is 10.9 Å². The number of sulfonamides is 1. The van der Waals surface area contributed by atoms with E-state index in [1.165, 1.54) is 21.9 Å². The number of nitrogens with one attached hydrogen (secondary N) is 1. The fourth-order valence-corrected chi connectivity index (χ4v) is 4.25. The zero-order valence-electron chi connectivity index (χ0n) is 14.7. The molecule has 2 aromatic heterocycles. The van der Waals surface area contributed by atoms with Crippen molar-refractivity contribution in [2.24, 2.45) is 0 Å². The SMILES string of the molecule is Cc1cccc(Nc2nc(CC(=O)N3CCN(S(C)(=O)=O)CC3)cs2)n1. The minimum atomic E-state index is -3.19. The molecule has 0 spiro atoms. The molecule has 0 saturated carbocycles. The summed E-state index contributed by atoms with van der Waals surface area (Å²) in [5.41, 5.74) is 1.61. The zero-order valence-corrected chi connectivity index (χ0v) is 16.3. The molecule has 3 heterocycles. The number of amides is 1. The third-order valence-corrected chi connectivity index (χ3v) is 6.18. The molecule has 2 aromatic rings. The van der Waals surface area contributed by atoms with Crippen molar-refractivity contribution in [3.63, 3.8) is 0 Å². The van der Waals surface area contributed by atoms with Gasteiger partial charge in [0.1, 0.15) is 5.82 Å². The summed E-state index contributed by atoms with van der Waals surface area (Å²) in [7, 11) is -3.19.